The lowest BCUT2D eigenvalue weighted by Crippen LogP contribution is -2.12. The van der Waals surface area contributed by atoms with Crippen molar-refractivity contribution in [2.75, 3.05) is 11.9 Å². The first-order chi connectivity index (χ1) is 10.0. The highest BCUT2D eigenvalue weighted by Gasteiger charge is 2.12. The molecule has 4 nitrogen and oxygen atoms in total. The van der Waals surface area contributed by atoms with Gasteiger partial charge in [0, 0.05) is 11.3 Å². The van der Waals surface area contributed by atoms with E-state index in [9.17, 15) is 4.79 Å². The predicted molar refractivity (Wildman–Crippen MR) is 83.9 cm³/mol. The molecule has 1 aromatic heterocycles. The number of hydrogen-bond acceptors (Lipinski definition) is 2. The number of amides is 1. The predicted octanol–water partition coefficient (Wildman–Crippen LogP) is 3.23. The Morgan fingerprint density at radius 1 is 1.38 bits per heavy atom. The number of benzene rings is 1. The van der Waals surface area contributed by atoms with Crippen molar-refractivity contribution in [2.24, 2.45) is 0 Å². The number of H-pyrrole nitrogens is 1. The van der Waals surface area contributed by atoms with Crippen LogP contribution in [-0.2, 0) is 0 Å². The molecule has 0 unspecified atom stereocenters. The summed E-state index contributed by atoms with van der Waals surface area (Å²) < 4.78 is 0. The van der Waals surface area contributed by atoms with Crippen molar-refractivity contribution in [1.82, 2.24) is 4.98 Å². The van der Waals surface area contributed by atoms with Crippen LogP contribution in [0.4, 0.5) is 5.69 Å². The third-order valence-electron chi connectivity index (χ3n) is 2.77. The van der Waals surface area contributed by atoms with Gasteiger partial charge in [-0.15, -0.1) is 0 Å². The van der Waals surface area contributed by atoms with E-state index in [1.807, 2.05) is 13.0 Å². The minimum atomic E-state index is -0.353. The van der Waals surface area contributed by atoms with Crippen molar-refractivity contribution in [2.45, 2.75) is 6.92 Å². The van der Waals surface area contributed by atoms with Gasteiger partial charge in [-0.1, -0.05) is 41.1 Å². The van der Waals surface area contributed by atoms with Gasteiger partial charge < -0.3 is 15.4 Å². The quantitative estimate of drug-likeness (QED) is 0.743. The summed E-state index contributed by atoms with van der Waals surface area (Å²) >= 11 is 11.6. The minimum Gasteiger partial charge on any atom is -0.384 e. The molecule has 3 N–H and O–H groups in total. The molecule has 0 radical (unpaired) electrons. The van der Waals surface area contributed by atoms with E-state index in [1.165, 1.54) is 6.07 Å². The summed E-state index contributed by atoms with van der Waals surface area (Å²) in [7, 11) is 0. The number of aliphatic hydroxyl groups is 1. The molecule has 21 heavy (non-hydrogen) atoms. The third kappa shape index (κ3) is 3.79. The van der Waals surface area contributed by atoms with Gasteiger partial charge in [0.05, 0.1) is 5.02 Å². The van der Waals surface area contributed by atoms with Gasteiger partial charge in [-0.2, -0.15) is 0 Å². The van der Waals surface area contributed by atoms with Crippen LogP contribution >= 0.6 is 23.2 Å². The monoisotopic (exact) mass is 322 g/mol. The van der Waals surface area contributed by atoms with Gasteiger partial charge >= 0.3 is 0 Å². The van der Waals surface area contributed by atoms with E-state index >= 15 is 0 Å². The highest BCUT2D eigenvalue weighted by molar-refractivity contribution is 6.41. The van der Waals surface area contributed by atoms with E-state index < -0.39 is 0 Å². The number of aromatic nitrogens is 1. The summed E-state index contributed by atoms with van der Waals surface area (Å²) in [6.45, 7) is 1.69. The second-order valence-corrected chi connectivity index (χ2v) is 5.07. The molecule has 0 spiro atoms. The second kappa shape index (κ2) is 6.68. The molecule has 0 aliphatic heterocycles. The van der Waals surface area contributed by atoms with Crippen molar-refractivity contribution in [3.05, 3.63) is 51.3 Å². The van der Waals surface area contributed by atoms with Gasteiger partial charge in [-0.25, -0.2) is 0 Å². The van der Waals surface area contributed by atoms with Crippen LogP contribution in [-0.4, -0.2) is 22.6 Å². The second-order valence-electron chi connectivity index (χ2n) is 4.29. The van der Waals surface area contributed by atoms with Crippen LogP contribution in [0.1, 0.15) is 21.6 Å². The van der Waals surface area contributed by atoms with E-state index in [4.69, 9.17) is 28.3 Å². The maximum Gasteiger partial charge on any atom is 0.272 e. The maximum atomic E-state index is 12.1. The molecule has 0 atom stereocenters. The molecule has 1 aromatic carbocycles. The summed E-state index contributed by atoms with van der Waals surface area (Å²) in [5.41, 5.74) is 2.56. The molecule has 0 aliphatic carbocycles. The molecule has 0 fully saturated rings. The average molecular weight is 323 g/mol. The Labute approximate surface area is 132 Å². The van der Waals surface area contributed by atoms with E-state index in [1.54, 1.807) is 12.1 Å². The van der Waals surface area contributed by atoms with Gasteiger partial charge in [0.25, 0.3) is 5.91 Å². The SMILES string of the molecule is Cc1ccc(NC(=O)c2cc(Cl)c(Cl)[nH]2)cc1C#CCO. The molecule has 2 rings (SSSR count). The highest BCUT2D eigenvalue weighted by Crippen LogP contribution is 2.22. The summed E-state index contributed by atoms with van der Waals surface area (Å²) in [5, 5.41) is 12.0. The van der Waals surface area contributed by atoms with Crippen molar-refractivity contribution in [1.29, 1.82) is 0 Å². The molecule has 108 valence electrons. The first kappa shape index (κ1) is 15.5. The van der Waals surface area contributed by atoms with E-state index in [0.717, 1.165) is 11.1 Å². The smallest absolute Gasteiger partial charge is 0.272 e. The van der Waals surface area contributed by atoms with Gasteiger partial charge in [0.2, 0.25) is 0 Å². The Morgan fingerprint density at radius 2 is 2.14 bits per heavy atom. The fourth-order valence-electron chi connectivity index (χ4n) is 1.69. The van der Waals surface area contributed by atoms with Crippen LogP contribution in [0, 0.1) is 18.8 Å². The highest BCUT2D eigenvalue weighted by atomic mass is 35.5. The van der Waals surface area contributed by atoms with E-state index in [2.05, 4.69) is 22.1 Å². The Kier molecular flexibility index (Phi) is 4.92. The molecule has 2 aromatic rings. The number of aromatic amines is 1. The summed E-state index contributed by atoms with van der Waals surface area (Å²) in [5.74, 6) is 5.06. The standard InChI is InChI=1S/C15H12Cl2N2O2/c1-9-4-5-11(7-10(9)3-2-6-20)18-15(21)13-8-12(16)14(17)19-13/h4-5,7-8,19-20H,6H2,1H3,(H,18,21). The number of carbonyl (C=O) groups excluding carboxylic acids is 1. The molecule has 0 aliphatic rings. The molecule has 0 saturated heterocycles. The first-order valence-electron chi connectivity index (χ1n) is 6.07. The van der Waals surface area contributed by atoms with Crippen molar-refractivity contribution in [3.8, 4) is 11.8 Å². The lowest BCUT2D eigenvalue weighted by molar-refractivity contribution is 0.102. The molecule has 6 heteroatoms. The fourth-order valence-corrected chi connectivity index (χ4v) is 2.01. The number of rotatable bonds is 2. The minimum absolute atomic E-state index is 0.213. The van der Waals surface area contributed by atoms with Crippen LogP contribution in [0.3, 0.4) is 0 Å². The summed E-state index contributed by atoms with van der Waals surface area (Å²) in [6.07, 6.45) is 0. The van der Waals surface area contributed by atoms with Crippen LogP contribution in [0.15, 0.2) is 24.3 Å². The zero-order chi connectivity index (χ0) is 15.4. The number of anilines is 1. The Morgan fingerprint density at radius 3 is 2.76 bits per heavy atom. The maximum absolute atomic E-state index is 12.1. The number of hydrogen-bond donors (Lipinski definition) is 3. The number of aliphatic hydroxyl groups excluding tert-OH is 1. The number of nitrogens with one attached hydrogen (secondary N) is 2. The lowest BCUT2D eigenvalue weighted by atomic mass is 10.1. The van der Waals surface area contributed by atoms with Crippen molar-refractivity contribution < 1.29 is 9.90 Å². The normalized spacial score (nSPS) is 9.90. The zero-order valence-corrected chi connectivity index (χ0v) is 12.6. The van der Waals surface area contributed by atoms with Crippen molar-refractivity contribution in [3.63, 3.8) is 0 Å². The van der Waals surface area contributed by atoms with Crippen LogP contribution in [0.25, 0.3) is 0 Å². The fraction of sp³-hybridized carbons (Fsp3) is 0.133. The topological polar surface area (TPSA) is 65.1 Å². The van der Waals surface area contributed by atoms with E-state index in [-0.39, 0.29) is 23.4 Å². The van der Waals surface area contributed by atoms with Crippen molar-refractivity contribution >= 4 is 34.8 Å². The van der Waals surface area contributed by atoms with Gasteiger partial charge in [-0.3, -0.25) is 4.79 Å². The molecule has 0 saturated carbocycles. The largest absolute Gasteiger partial charge is 0.384 e. The van der Waals surface area contributed by atoms with E-state index in [0.29, 0.717) is 10.7 Å². The molecule has 1 heterocycles. The molecule has 0 bridgehead atoms. The average Bonchev–Trinajstić information content (AvgIpc) is 2.79. The Bertz CT molecular complexity index is 722. The lowest BCUT2D eigenvalue weighted by Gasteiger charge is -2.06. The number of carbonyl (C=O) groups is 1. The first-order valence-corrected chi connectivity index (χ1v) is 6.82. The molecular weight excluding hydrogens is 311 g/mol. The summed E-state index contributed by atoms with van der Waals surface area (Å²) in [4.78, 5) is 14.7. The molecule has 1 amide bonds. The van der Waals surface area contributed by atoms with Gasteiger partial charge in [-0.05, 0) is 30.7 Å². The molecular formula is C15H12Cl2N2O2. The number of aryl methyl sites for hydroxylation is 1. The van der Waals surface area contributed by atoms with Crippen LogP contribution in [0.2, 0.25) is 10.2 Å². The summed E-state index contributed by atoms with van der Waals surface area (Å²) in [6, 6.07) is 6.80. The zero-order valence-electron chi connectivity index (χ0n) is 11.1. The van der Waals surface area contributed by atoms with Gasteiger partial charge in [0.15, 0.2) is 0 Å². The number of halogens is 2. The van der Waals surface area contributed by atoms with Crippen LogP contribution < -0.4 is 5.32 Å². The third-order valence-corrected chi connectivity index (χ3v) is 3.46. The Hall–Kier alpha value is -1.93. The van der Waals surface area contributed by atoms with Gasteiger partial charge in [0.1, 0.15) is 17.5 Å². The Balaban J connectivity index is 2.21. The van der Waals surface area contributed by atoms with Crippen LogP contribution in [0.5, 0.6) is 0 Å².